The lowest BCUT2D eigenvalue weighted by atomic mass is 10.1. The predicted molar refractivity (Wildman–Crippen MR) is 113 cm³/mol. The van der Waals surface area contributed by atoms with Gasteiger partial charge >= 0.3 is 0 Å². The van der Waals surface area contributed by atoms with Gasteiger partial charge in [-0.05, 0) is 55.0 Å². The Balaban J connectivity index is 1.90. The maximum atomic E-state index is 10.3. The third-order valence-electron chi connectivity index (χ3n) is 4.89. The van der Waals surface area contributed by atoms with Crippen LogP contribution in [0, 0.1) is 0 Å². The number of phenols is 1. The Morgan fingerprint density at radius 2 is 1.75 bits per heavy atom. The Bertz CT molecular complexity index is 1130. The summed E-state index contributed by atoms with van der Waals surface area (Å²) in [5, 5.41) is 11.8. The minimum Gasteiger partial charge on any atom is -0.507 e. The van der Waals surface area contributed by atoms with Crippen LogP contribution in [0.1, 0.15) is 18.5 Å². The third-order valence-corrected chi connectivity index (χ3v) is 5.12. The Labute approximate surface area is 168 Å². The maximum absolute atomic E-state index is 10.3. The number of aromatic nitrogens is 3. The summed E-state index contributed by atoms with van der Waals surface area (Å²) < 4.78 is 0. The molecule has 4 aromatic rings. The molecule has 0 radical (unpaired) electrons. The van der Waals surface area contributed by atoms with E-state index in [0.29, 0.717) is 16.4 Å². The van der Waals surface area contributed by atoms with Crippen LogP contribution in [0.3, 0.4) is 0 Å². The van der Waals surface area contributed by atoms with Crippen molar-refractivity contribution in [3.63, 3.8) is 0 Å². The topological polar surface area (TPSA) is 62.1 Å². The zero-order valence-corrected chi connectivity index (χ0v) is 16.3. The van der Waals surface area contributed by atoms with E-state index in [4.69, 9.17) is 16.6 Å². The van der Waals surface area contributed by atoms with Crippen molar-refractivity contribution in [1.29, 1.82) is 0 Å². The summed E-state index contributed by atoms with van der Waals surface area (Å²) in [6.45, 7) is 2.11. The maximum Gasteiger partial charge on any atom is 0.165 e. The van der Waals surface area contributed by atoms with Crippen molar-refractivity contribution in [2.75, 3.05) is 11.9 Å². The van der Waals surface area contributed by atoms with Crippen molar-refractivity contribution in [3.8, 4) is 17.1 Å². The van der Waals surface area contributed by atoms with Gasteiger partial charge in [-0.15, -0.1) is 0 Å². The van der Waals surface area contributed by atoms with Crippen LogP contribution in [0.5, 0.6) is 5.75 Å². The number of pyridine rings is 1. The molecule has 1 N–H and O–H groups in total. The normalized spacial score (nSPS) is 12.1. The van der Waals surface area contributed by atoms with Crippen molar-refractivity contribution in [3.05, 3.63) is 77.6 Å². The lowest BCUT2D eigenvalue weighted by molar-refractivity contribution is 0.477. The fourth-order valence-electron chi connectivity index (χ4n) is 3.19. The Hall–Kier alpha value is -3.18. The zero-order chi connectivity index (χ0) is 19.7. The molecule has 0 saturated heterocycles. The highest BCUT2D eigenvalue weighted by Crippen LogP contribution is 2.34. The minimum atomic E-state index is 0.0639. The van der Waals surface area contributed by atoms with Gasteiger partial charge in [-0.3, -0.25) is 4.98 Å². The van der Waals surface area contributed by atoms with E-state index in [-0.39, 0.29) is 11.8 Å². The van der Waals surface area contributed by atoms with Gasteiger partial charge in [-0.2, -0.15) is 0 Å². The molecule has 140 valence electrons. The van der Waals surface area contributed by atoms with Gasteiger partial charge in [0.05, 0.1) is 17.1 Å². The molecule has 6 heteroatoms. The molecule has 2 aromatic carbocycles. The number of halogens is 1. The van der Waals surface area contributed by atoms with Crippen LogP contribution in [0.4, 0.5) is 5.82 Å². The van der Waals surface area contributed by atoms with E-state index in [1.54, 1.807) is 30.6 Å². The predicted octanol–water partition coefficient (Wildman–Crippen LogP) is 5.25. The second-order valence-corrected chi connectivity index (χ2v) is 7.05. The second-order valence-electron chi connectivity index (χ2n) is 6.62. The summed E-state index contributed by atoms with van der Waals surface area (Å²) in [7, 11) is 2.00. The SMILES string of the molecule is CC(c1ccncc1)N(C)c1nc(-c2ccccc2O)nc2cc(Cl)ccc12. The third kappa shape index (κ3) is 3.37. The van der Waals surface area contributed by atoms with Crippen molar-refractivity contribution in [2.45, 2.75) is 13.0 Å². The van der Waals surface area contributed by atoms with Crippen molar-refractivity contribution < 1.29 is 5.11 Å². The molecule has 1 unspecified atom stereocenters. The molecule has 2 aromatic heterocycles. The number of para-hydroxylation sites is 1. The van der Waals surface area contributed by atoms with E-state index in [2.05, 4.69) is 21.8 Å². The van der Waals surface area contributed by atoms with Crippen molar-refractivity contribution in [2.24, 2.45) is 0 Å². The van der Waals surface area contributed by atoms with Gasteiger partial charge in [0, 0.05) is 29.9 Å². The number of hydrogen-bond acceptors (Lipinski definition) is 5. The van der Waals surface area contributed by atoms with Gasteiger partial charge in [0.15, 0.2) is 5.82 Å². The molecule has 0 aliphatic rings. The number of rotatable bonds is 4. The molecule has 0 saturated carbocycles. The van der Waals surface area contributed by atoms with Crippen LogP contribution in [-0.4, -0.2) is 27.1 Å². The van der Waals surface area contributed by atoms with Crippen LogP contribution < -0.4 is 4.90 Å². The van der Waals surface area contributed by atoms with Gasteiger partial charge in [0.2, 0.25) is 0 Å². The molecule has 28 heavy (non-hydrogen) atoms. The fraction of sp³-hybridized carbons (Fsp3) is 0.136. The number of fused-ring (bicyclic) bond motifs is 1. The van der Waals surface area contributed by atoms with Crippen molar-refractivity contribution in [1.82, 2.24) is 15.0 Å². The highest BCUT2D eigenvalue weighted by molar-refractivity contribution is 6.31. The van der Waals surface area contributed by atoms with Gasteiger partial charge in [-0.25, -0.2) is 9.97 Å². The number of hydrogen-bond donors (Lipinski definition) is 1. The number of anilines is 1. The Morgan fingerprint density at radius 3 is 2.50 bits per heavy atom. The van der Waals surface area contributed by atoms with Crippen LogP contribution in [0.2, 0.25) is 5.02 Å². The molecule has 0 amide bonds. The molecule has 5 nitrogen and oxygen atoms in total. The first-order chi connectivity index (χ1) is 13.5. The van der Waals surface area contributed by atoms with Crippen molar-refractivity contribution >= 4 is 28.3 Å². The number of benzene rings is 2. The summed E-state index contributed by atoms with van der Waals surface area (Å²) in [5.74, 6) is 1.36. The van der Waals surface area contributed by atoms with E-state index in [1.807, 2.05) is 43.4 Å². The van der Waals surface area contributed by atoms with E-state index in [1.165, 1.54) is 0 Å². The van der Waals surface area contributed by atoms with E-state index < -0.39 is 0 Å². The molecule has 1 atom stereocenters. The summed E-state index contributed by atoms with van der Waals surface area (Å²) in [5.41, 5.74) is 2.43. The average molecular weight is 391 g/mol. The Morgan fingerprint density at radius 1 is 1.00 bits per heavy atom. The van der Waals surface area contributed by atoms with E-state index >= 15 is 0 Å². The smallest absolute Gasteiger partial charge is 0.165 e. The van der Waals surface area contributed by atoms with Crippen LogP contribution in [0.25, 0.3) is 22.3 Å². The molecule has 2 heterocycles. The lowest BCUT2D eigenvalue weighted by Crippen LogP contribution is -2.23. The molecular weight excluding hydrogens is 372 g/mol. The molecule has 0 spiro atoms. The largest absolute Gasteiger partial charge is 0.507 e. The standard InChI is InChI=1S/C22H19ClN4O/c1-14(15-9-11-24-12-10-15)27(2)22-17-8-7-16(23)13-19(17)25-21(26-22)18-5-3-4-6-20(18)28/h3-14,28H,1-2H3. The summed E-state index contributed by atoms with van der Waals surface area (Å²) >= 11 is 6.21. The molecule has 0 fully saturated rings. The highest BCUT2D eigenvalue weighted by Gasteiger charge is 2.19. The van der Waals surface area contributed by atoms with E-state index in [9.17, 15) is 5.11 Å². The van der Waals surface area contributed by atoms with Crippen LogP contribution in [0.15, 0.2) is 67.0 Å². The first kappa shape index (κ1) is 18.2. The summed E-state index contributed by atoms with van der Waals surface area (Å²) in [6.07, 6.45) is 3.57. The molecular formula is C22H19ClN4O. The highest BCUT2D eigenvalue weighted by atomic mass is 35.5. The fourth-order valence-corrected chi connectivity index (χ4v) is 3.35. The zero-order valence-electron chi connectivity index (χ0n) is 15.5. The first-order valence-corrected chi connectivity index (χ1v) is 9.31. The molecule has 0 aliphatic carbocycles. The minimum absolute atomic E-state index is 0.0639. The molecule has 0 aliphatic heterocycles. The first-order valence-electron chi connectivity index (χ1n) is 8.93. The van der Waals surface area contributed by atoms with Crippen LogP contribution >= 0.6 is 11.6 Å². The summed E-state index contributed by atoms with van der Waals surface area (Å²) in [6, 6.07) is 16.7. The molecule has 0 bridgehead atoms. The molecule has 4 rings (SSSR count). The number of nitrogens with zero attached hydrogens (tertiary/aromatic N) is 4. The summed E-state index contributed by atoms with van der Waals surface area (Å²) in [4.78, 5) is 15.6. The number of aromatic hydroxyl groups is 1. The Kier molecular flexibility index (Phi) is 4.84. The lowest BCUT2D eigenvalue weighted by Gasteiger charge is -2.27. The second kappa shape index (κ2) is 7.44. The van der Waals surface area contributed by atoms with Gasteiger partial charge in [0.25, 0.3) is 0 Å². The van der Waals surface area contributed by atoms with Gasteiger partial charge in [0.1, 0.15) is 11.6 Å². The van der Waals surface area contributed by atoms with Gasteiger partial charge in [-0.1, -0.05) is 23.7 Å². The van der Waals surface area contributed by atoms with Gasteiger partial charge < -0.3 is 10.0 Å². The monoisotopic (exact) mass is 390 g/mol. The number of phenolic OH excluding ortho intramolecular Hbond substituents is 1. The van der Waals surface area contributed by atoms with Crippen LogP contribution in [-0.2, 0) is 0 Å². The van der Waals surface area contributed by atoms with E-state index in [0.717, 1.165) is 22.3 Å². The average Bonchev–Trinajstić information content (AvgIpc) is 2.72. The quantitative estimate of drug-likeness (QED) is 0.515.